The summed E-state index contributed by atoms with van der Waals surface area (Å²) in [5.41, 5.74) is -0.182. The third-order valence-electron chi connectivity index (χ3n) is 3.98. The van der Waals surface area contributed by atoms with E-state index < -0.39 is 0 Å². The van der Waals surface area contributed by atoms with Crippen molar-refractivity contribution in [2.45, 2.75) is 51.4 Å². The van der Waals surface area contributed by atoms with Crippen LogP contribution in [0.1, 0.15) is 33.6 Å². The maximum Gasteiger partial charge on any atom is 0.244 e. The molecule has 1 aliphatic heterocycles. The van der Waals surface area contributed by atoms with Gasteiger partial charge in [0, 0.05) is 12.6 Å². The van der Waals surface area contributed by atoms with Gasteiger partial charge in [-0.05, 0) is 39.8 Å². The Morgan fingerprint density at radius 3 is 2.41 bits per heavy atom. The molecule has 2 atom stereocenters. The quantitative estimate of drug-likeness (QED) is 0.791. The summed E-state index contributed by atoms with van der Waals surface area (Å²) < 4.78 is 0. The fourth-order valence-corrected chi connectivity index (χ4v) is 2.87. The molecule has 0 aromatic heterocycles. The number of carbonyl (C=O) groups is 1. The standard InChI is InChI=1S/C13H25N3O/c1-9(2)11(8-15(4)5)16-10(3)14-13(6-7-13)12(16)17/h9-11,14H,6-8H2,1-5H3. The van der Waals surface area contributed by atoms with Crippen molar-refractivity contribution in [3.8, 4) is 0 Å². The van der Waals surface area contributed by atoms with Crippen molar-refractivity contribution in [3.05, 3.63) is 0 Å². The SMILES string of the molecule is CC(C)C(CN(C)C)N1C(=O)C2(CC2)NC1C. The highest BCUT2D eigenvalue weighted by atomic mass is 16.2. The smallest absolute Gasteiger partial charge is 0.244 e. The highest BCUT2D eigenvalue weighted by Crippen LogP contribution is 2.43. The Bertz CT molecular complexity index is 310. The van der Waals surface area contributed by atoms with E-state index in [0.717, 1.165) is 19.4 Å². The average molecular weight is 239 g/mol. The summed E-state index contributed by atoms with van der Waals surface area (Å²) in [4.78, 5) is 16.7. The molecule has 2 fully saturated rings. The molecular formula is C13H25N3O. The molecule has 0 aromatic rings. The zero-order valence-corrected chi connectivity index (χ0v) is 11.7. The van der Waals surface area contributed by atoms with Crippen LogP contribution in [0.5, 0.6) is 0 Å². The van der Waals surface area contributed by atoms with Crippen LogP contribution in [0.3, 0.4) is 0 Å². The Kier molecular flexibility index (Phi) is 3.21. The molecule has 1 aliphatic carbocycles. The summed E-state index contributed by atoms with van der Waals surface area (Å²) in [6, 6.07) is 0.306. The van der Waals surface area contributed by atoms with E-state index in [1.54, 1.807) is 0 Å². The molecule has 2 unspecified atom stereocenters. The van der Waals surface area contributed by atoms with Crippen molar-refractivity contribution < 1.29 is 4.79 Å². The van der Waals surface area contributed by atoms with Gasteiger partial charge in [-0.25, -0.2) is 0 Å². The molecule has 4 nitrogen and oxygen atoms in total. The van der Waals surface area contributed by atoms with Crippen molar-refractivity contribution >= 4 is 5.91 Å². The van der Waals surface area contributed by atoms with Gasteiger partial charge in [0.15, 0.2) is 0 Å². The van der Waals surface area contributed by atoms with Crippen molar-refractivity contribution in [1.82, 2.24) is 15.1 Å². The highest BCUT2D eigenvalue weighted by Gasteiger charge is 2.59. The molecular weight excluding hydrogens is 214 g/mol. The number of likely N-dealkylation sites (N-methyl/N-ethyl adjacent to an activating group) is 1. The minimum atomic E-state index is -0.182. The van der Waals surface area contributed by atoms with Crippen molar-refractivity contribution in [2.75, 3.05) is 20.6 Å². The molecule has 2 aliphatic rings. The molecule has 17 heavy (non-hydrogen) atoms. The van der Waals surface area contributed by atoms with Crippen LogP contribution >= 0.6 is 0 Å². The number of hydrogen-bond donors (Lipinski definition) is 1. The number of carbonyl (C=O) groups excluding carboxylic acids is 1. The zero-order chi connectivity index (χ0) is 12.8. The fraction of sp³-hybridized carbons (Fsp3) is 0.923. The molecule has 1 heterocycles. The summed E-state index contributed by atoms with van der Waals surface area (Å²) in [6.45, 7) is 7.44. The van der Waals surface area contributed by atoms with Gasteiger partial charge >= 0.3 is 0 Å². The highest BCUT2D eigenvalue weighted by molar-refractivity contribution is 5.92. The number of hydrogen-bond acceptors (Lipinski definition) is 3. The van der Waals surface area contributed by atoms with Gasteiger partial charge in [0.05, 0.1) is 11.7 Å². The van der Waals surface area contributed by atoms with Gasteiger partial charge in [-0.2, -0.15) is 0 Å². The van der Waals surface area contributed by atoms with E-state index in [0.29, 0.717) is 17.9 Å². The number of rotatable bonds is 4. The second-order valence-corrected chi connectivity index (χ2v) is 6.19. The Balaban J connectivity index is 2.15. The van der Waals surface area contributed by atoms with Crippen LogP contribution in [0.4, 0.5) is 0 Å². The van der Waals surface area contributed by atoms with Crippen LogP contribution in [0.2, 0.25) is 0 Å². The summed E-state index contributed by atoms with van der Waals surface area (Å²) in [5.74, 6) is 0.810. The molecule has 1 N–H and O–H groups in total. The molecule has 1 amide bonds. The van der Waals surface area contributed by atoms with Crippen molar-refractivity contribution in [3.63, 3.8) is 0 Å². The summed E-state index contributed by atoms with van der Waals surface area (Å²) >= 11 is 0. The molecule has 1 saturated carbocycles. The van der Waals surface area contributed by atoms with Crippen LogP contribution in [0, 0.1) is 5.92 Å². The zero-order valence-electron chi connectivity index (χ0n) is 11.7. The minimum absolute atomic E-state index is 0.178. The predicted molar refractivity (Wildman–Crippen MR) is 68.6 cm³/mol. The Labute approximate surface area is 104 Å². The molecule has 1 spiro atoms. The first-order chi connectivity index (χ1) is 7.87. The summed E-state index contributed by atoms with van der Waals surface area (Å²) in [5, 5.41) is 3.47. The fourth-order valence-electron chi connectivity index (χ4n) is 2.87. The van der Waals surface area contributed by atoms with E-state index in [1.807, 2.05) is 0 Å². The average Bonchev–Trinajstić information content (AvgIpc) is 2.91. The lowest BCUT2D eigenvalue weighted by molar-refractivity contribution is -0.134. The van der Waals surface area contributed by atoms with Crippen LogP contribution < -0.4 is 5.32 Å². The lowest BCUT2D eigenvalue weighted by Crippen LogP contribution is -2.50. The monoisotopic (exact) mass is 239 g/mol. The second kappa shape index (κ2) is 4.25. The molecule has 98 valence electrons. The second-order valence-electron chi connectivity index (χ2n) is 6.19. The number of nitrogens with one attached hydrogen (secondary N) is 1. The van der Waals surface area contributed by atoms with E-state index in [2.05, 4.69) is 50.0 Å². The predicted octanol–water partition coefficient (Wildman–Crippen LogP) is 0.883. The van der Waals surface area contributed by atoms with Crippen molar-refractivity contribution in [1.29, 1.82) is 0 Å². The van der Waals surface area contributed by atoms with Crippen LogP contribution in [-0.2, 0) is 4.79 Å². The lowest BCUT2D eigenvalue weighted by Gasteiger charge is -2.35. The van der Waals surface area contributed by atoms with E-state index in [1.165, 1.54) is 0 Å². The first kappa shape index (κ1) is 12.8. The maximum atomic E-state index is 12.5. The van der Waals surface area contributed by atoms with E-state index in [4.69, 9.17) is 0 Å². The molecule has 1 saturated heterocycles. The van der Waals surface area contributed by atoms with Crippen LogP contribution in [0.25, 0.3) is 0 Å². The third kappa shape index (κ3) is 2.20. The van der Waals surface area contributed by atoms with E-state index in [-0.39, 0.29) is 11.7 Å². The van der Waals surface area contributed by atoms with E-state index >= 15 is 0 Å². The normalized spacial score (nSPS) is 28.5. The summed E-state index contributed by atoms with van der Waals surface area (Å²) in [7, 11) is 4.14. The molecule has 4 heteroatoms. The van der Waals surface area contributed by atoms with Gasteiger partial charge in [0.25, 0.3) is 0 Å². The van der Waals surface area contributed by atoms with Crippen LogP contribution in [-0.4, -0.2) is 54.1 Å². The third-order valence-corrected chi connectivity index (χ3v) is 3.98. The maximum absolute atomic E-state index is 12.5. The lowest BCUT2D eigenvalue weighted by atomic mass is 10.0. The number of nitrogens with zero attached hydrogens (tertiary/aromatic N) is 2. The van der Waals surface area contributed by atoms with Gasteiger partial charge in [-0.15, -0.1) is 0 Å². The molecule has 0 radical (unpaired) electrons. The van der Waals surface area contributed by atoms with E-state index in [9.17, 15) is 4.79 Å². The van der Waals surface area contributed by atoms with Gasteiger partial charge in [-0.3, -0.25) is 10.1 Å². The van der Waals surface area contributed by atoms with Gasteiger partial charge < -0.3 is 9.80 Å². The topological polar surface area (TPSA) is 35.6 Å². The Morgan fingerprint density at radius 1 is 1.47 bits per heavy atom. The minimum Gasteiger partial charge on any atom is -0.321 e. The van der Waals surface area contributed by atoms with Gasteiger partial charge in [0.2, 0.25) is 5.91 Å². The van der Waals surface area contributed by atoms with Crippen molar-refractivity contribution in [2.24, 2.45) is 5.92 Å². The Hall–Kier alpha value is -0.610. The first-order valence-corrected chi connectivity index (χ1v) is 6.62. The van der Waals surface area contributed by atoms with Gasteiger partial charge in [0.1, 0.15) is 0 Å². The van der Waals surface area contributed by atoms with Gasteiger partial charge in [-0.1, -0.05) is 13.8 Å². The molecule has 0 aromatic carbocycles. The first-order valence-electron chi connectivity index (χ1n) is 6.62. The summed E-state index contributed by atoms with van der Waals surface area (Å²) in [6.07, 6.45) is 2.20. The Morgan fingerprint density at radius 2 is 2.06 bits per heavy atom. The van der Waals surface area contributed by atoms with Crippen LogP contribution in [0.15, 0.2) is 0 Å². The molecule has 2 rings (SSSR count). The largest absolute Gasteiger partial charge is 0.321 e. The number of amides is 1. The molecule has 0 bridgehead atoms.